The molecule has 0 bridgehead atoms. The van der Waals surface area contributed by atoms with Gasteiger partial charge in [-0.3, -0.25) is 14.4 Å². The molecule has 4 rings (SSSR count). The third-order valence-corrected chi connectivity index (χ3v) is 7.04. The number of para-hydroxylation sites is 1. The molecule has 3 N–H and O–H groups in total. The van der Waals surface area contributed by atoms with Crippen LogP contribution in [0.2, 0.25) is 0 Å². The van der Waals surface area contributed by atoms with E-state index in [-0.39, 0.29) is 11.8 Å². The lowest BCUT2D eigenvalue weighted by Crippen LogP contribution is -2.36. The van der Waals surface area contributed by atoms with Crippen LogP contribution in [-0.4, -0.2) is 22.9 Å². The number of hydrogen-bond donors (Lipinski definition) is 3. The molecule has 1 fully saturated rings. The first-order chi connectivity index (χ1) is 14.0. The molecule has 1 heterocycles. The Balaban J connectivity index is 1.58. The van der Waals surface area contributed by atoms with Crippen LogP contribution in [0.25, 0.3) is 0 Å². The highest BCUT2D eigenvalue weighted by molar-refractivity contribution is 7.17. The highest BCUT2D eigenvalue weighted by Gasteiger charge is 2.37. The quantitative estimate of drug-likeness (QED) is 0.682. The number of benzene rings is 1. The molecule has 2 atom stereocenters. The lowest BCUT2D eigenvalue weighted by Gasteiger charge is -2.27. The van der Waals surface area contributed by atoms with Gasteiger partial charge in [0.1, 0.15) is 5.00 Å². The minimum atomic E-state index is -0.916. The topological polar surface area (TPSA) is 95.5 Å². The second-order valence-corrected chi connectivity index (χ2v) is 8.81. The predicted molar refractivity (Wildman–Crippen MR) is 112 cm³/mol. The summed E-state index contributed by atoms with van der Waals surface area (Å²) in [4.78, 5) is 38.7. The first kappa shape index (κ1) is 19.6. The average Bonchev–Trinajstić information content (AvgIpc) is 3.29. The van der Waals surface area contributed by atoms with Gasteiger partial charge in [-0.25, -0.2) is 0 Å². The second-order valence-electron chi connectivity index (χ2n) is 7.71. The van der Waals surface area contributed by atoms with Gasteiger partial charge in [0.25, 0.3) is 5.91 Å². The van der Waals surface area contributed by atoms with Crippen molar-refractivity contribution in [1.29, 1.82) is 0 Å². The Morgan fingerprint density at radius 3 is 2.38 bits per heavy atom. The molecule has 2 aliphatic carbocycles. The maximum Gasteiger partial charge on any atom is 0.307 e. The third-order valence-electron chi connectivity index (χ3n) is 5.84. The number of aliphatic carboxylic acids is 1. The summed E-state index contributed by atoms with van der Waals surface area (Å²) in [6, 6.07) is 9.23. The number of anilines is 2. The Labute approximate surface area is 173 Å². The van der Waals surface area contributed by atoms with Crippen molar-refractivity contribution in [2.24, 2.45) is 11.8 Å². The van der Waals surface area contributed by atoms with Gasteiger partial charge in [-0.1, -0.05) is 31.0 Å². The zero-order valence-electron chi connectivity index (χ0n) is 16.1. The number of carboxylic acids is 1. The fourth-order valence-corrected chi connectivity index (χ4v) is 5.68. The molecule has 1 aromatic heterocycles. The Morgan fingerprint density at radius 2 is 1.66 bits per heavy atom. The van der Waals surface area contributed by atoms with E-state index >= 15 is 0 Å². The van der Waals surface area contributed by atoms with E-state index in [2.05, 4.69) is 10.6 Å². The van der Waals surface area contributed by atoms with Crippen LogP contribution < -0.4 is 10.6 Å². The first-order valence-electron chi connectivity index (χ1n) is 10.1. The minimum absolute atomic E-state index is 0.232. The van der Waals surface area contributed by atoms with E-state index < -0.39 is 17.8 Å². The lowest BCUT2D eigenvalue weighted by atomic mass is 9.79. The molecule has 0 spiro atoms. The normalized spacial score (nSPS) is 20.7. The van der Waals surface area contributed by atoms with Crippen molar-refractivity contribution >= 4 is 39.8 Å². The summed E-state index contributed by atoms with van der Waals surface area (Å²) < 4.78 is 0. The zero-order valence-corrected chi connectivity index (χ0v) is 16.9. The number of amides is 2. The van der Waals surface area contributed by atoms with E-state index in [4.69, 9.17) is 0 Å². The van der Waals surface area contributed by atoms with Gasteiger partial charge in [0.05, 0.1) is 17.4 Å². The van der Waals surface area contributed by atoms with Crippen LogP contribution in [0.4, 0.5) is 10.7 Å². The van der Waals surface area contributed by atoms with Crippen LogP contribution in [0.3, 0.4) is 0 Å². The molecule has 152 valence electrons. The molecule has 2 aromatic rings. The van der Waals surface area contributed by atoms with E-state index in [1.165, 1.54) is 11.3 Å². The summed E-state index contributed by atoms with van der Waals surface area (Å²) in [5, 5.41) is 15.9. The maximum absolute atomic E-state index is 13.0. The van der Waals surface area contributed by atoms with E-state index in [0.717, 1.165) is 42.5 Å². The minimum Gasteiger partial charge on any atom is -0.481 e. The molecule has 6 nitrogen and oxygen atoms in total. The number of hydrogen-bond acceptors (Lipinski definition) is 4. The lowest BCUT2D eigenvalue weighted by molar-refractivity contribution is -0.147. The highest BCUT2D eigenvalue weighted by Crippen LogP contribution is 2.40. The molecule has 29 heavy (non-hydrogen) atoms. The van der Waals surface area contributed by atoms with Gasteiger partial charge in [0.2, 0.25) is 5.91 Å². The molecule has 2 unspecified atom stereocenters. The number of fused-ring (bicyclic) bond motifs is 1. The summed E-state index contributed by atoms with van der Waals surface area (Å²) in [6.45, 7) is 0. The number of carbonyl (C=O) groups is 3. The van der Waals surface area contributed by atoms with Crippen LogP contribution in [-0.2, 0) is 22.4 Å². The van der Waals surface area contributed by atoms with Gasteiger partial charge in [-0.15, -0.1) is 11.3 Å². The fraction of sp³-hybridized carbons (Fsp3) is 0.409. The molecule has 2 amide bonds. The van der Waals surface area contributed by atoms with Crippen molar-refractivity contribution < 1.29 is 19.5 Å². The van der Waals surface area contributed by atoms with E-state index in [1.54, 1.807) is 0 Å². The van der Waals surface area contributed by atoms with Crippen molar-refractivity contribution in [2.75, 3.05) is 10.6 Å². The van der Waals surface area contributed by atoms with Gasteiger partial charge in [-0.2, -0.15) is 0 Å². The van der Waals surface area contributed by atoms with Gasteiger partial charge in [0, 0.05) is 10.6 Å². The number of thiophene rings is 1. The number of carbonyl (C=O) groups excluding carboxylic acids is 2. The van der Waals surface area contributed by atoms with Crippen LogP contribution in [0, 0.1) is 11.8 Å². The van der Waals surface area contributed by atoms with Gasteiger partial charge in [0.15, 0.2) is 0 Å². The van der Waals surface area contributed by atoms with Gasteiger partial charge < -0.3 is 15.7 Å². The van der Waals surface area contributed by atoms with E-state index in [1.807, 2.05) is 30.3 Å². The number of aryl methyl sites for hydroxylation is 1. The molecule has 0 aliphatic heterocycles. The number of nitrogens with one attached hydrogen (secondary N) is 2. The summed E-state index contributed by atoms with van der Waals surface area (Å²) in [6.07, 6.45) is 5.51. The van der Waals surface area contributed by atoms with Crippen molar-refractivity contribution in [3.05, 3.63) is 46.3 Å². The molecule has 1 aromatic carbocycles. The molecule has 0 radical (unpaired) electrons. The predicted octanol–water partition coefficient (Wildman–Crippen LogP) is 4.32. The van der Waals surface area contributed by atoms with Crippen LogP contribution in [0.1, 0.15) is 52.9 Å². The zero-order chi connectivity index (χ0) is 20.4. The monoisotopic (exact) mass is 412 g/mol. The molecule has 1 saturated carbocycles. The SMILES string of the molecule is O=C(Nc1ccccc1)c1c(NC(=O)C2CCCCC2C(=O)O)sc2c1CCC2. The van der Waals surface area contributed by atoms with Crippen molar-refractivity contribution in [3.63, 3.8) is 0 Å². The summed E-state index contributed by atoms with van der Waals surface area (Å²) >= 11 is 1.45. The van der Waals surface area contributed by atoms with Gasteiger partial charge >= 0.3 is 5.97 Å². The molecular weight excluding hydrogens is 388 g/mol. The summed E-state index contributed by atoms with van der Waals surface area (Å²) in [5.74, 6) is -2.64. The van der Waals surface area contributed by atoms with Gasteiger partial charge in [-0.05, 0) is 49.8 Å². The molecule has 2 aliphatic rings. The Hall–Kier alpha value is -2.67. The largest absolute Gasteiger partial charge is 0.481 e. The Morgan fingerprint density at radius 1 is 0.931 bits per heavy atom. The third kappa shape index (κ3) is 4.05. The van der Waals surface area contributed by atoms with Crippen molar-refractivity contribution in [3.8, 4) is 0 Å². The second kappa shape index (κ2) is 8.37. The summed E-state index contributed by atoms with van der Waals surface area (Å²) in [7, 11) is 0. The van der Waals surface area contributed by atoms with Crippen LogP contribution in [0.15, 0.2) is 30.3 Å². The standard InChI is InChI=1S/C22H24N2O4S/c25-19(14-9-4-5-10-15(14)22(27)28)24-21-18(16-11-6-12-17(16)29-21)20(26)23-13-7-2-1-3-8-13/h1-3,7-8,14-15H,4-6,9-12H2,(H,23,26)(H,24,25)(H,27,28). The number of carboxylic acid groups (broad SMARTS) is 1. The Bertz CT molecular complexity index is 938. The maximum atomic E-state index is 13.0. The average molecular weight is 413 g/mol. The van der Waals surface area contributed by atoms with Crippen LogP contribution in [0.5, 0.6) is 0 Å². The van der Waals surface area contributed by atoms with Crippen molar-refractivity contribution in [2.45, 2.75) is 44.9 Å². The highest BCUT2D eigenvalue weighted by atomic mass is 32.1. The molecule has 7 heteroatoms. The molecule has 0 saturated heterocycles. The van der Waals surface area contributed by atoms with Crippen LogP contribution >= 0.6 is 11.3 Å². The number of rotatable bonds is 5. The Kier molecular flexibility index (Phi) is 5.67. The summed E-state index contributed by atoms with van der Waals surface area (Å²) in [5.41, 5.74) is 2.24. The van der Waals surface area contributed by atoms with E-state index in [0.29, 0.717) is 29.1 Å². The van der Waals surface area contributed by atoms with E-state index in [9.17, 15) is 19.5 Å². The smallest absolute Gasteiger partial charge is 0.307 e. The molecular formula is C22H24N2O4S. The first-order valence-corrected chi connectivity index (χ1v) is 10.9. The van der Waals surface area contributed by atoms with Crippen molar-refractivity contribution in [1.82, 2.24) is 0 Å². The fourth-order valence-electron chi connectivity index (χ4n) is 4.39.